The number of hydrogen-bond donors (Lipinski definition) is 0. The van der Waals surface area contributed by atoms with Crippen LogP contribution in [-0.4, -0.2) is 60.0 Å². The van der Waals surface area contributed by atoms with E-state index in [0.717, 1.165) is 33.7 Å². The zero-order chi connectivity index (χ0) is 22.8. The lowest BCUT2D eigenvalue weighted by Gasteiger charge is -2.28. The topological polar surface area (TPSA) is 83.8 Å². The van der Waals surface area contributed by atoms with Gasteiger partial charge in [0.05, 0.1) is 56.5 Å². The van der Waals surface area contributed by atoms with Crippen molar-refractivity contribution >= 4 is 22.4 Å². The van der Waals surface area contributed by atoms with Crippen molar-refractivity contribution in [2.75, 3.05) is 39.1 Å². The van der Waals surface area contributed by atoms with Crippen LogP contribution in [0.25, 0.3) is 22.3 Å². The van der Waals surface area contributed by atoms with Crippen LogP contribution >= 0.6 is 0 Å². The zero-order valence-corrected chi connectivity index (χ0v) is 18.8. The Morgan fingerprint density at radius 3 is 2.52 bits per heavy atom. The second-order valence-corrected chi connectivity index (χ2v) is 7.79. The number of hydrogen-bond acceptors (Lipinski definition) is 8. The smallest absolute Gasteiger partial charge is 0.147 e. The van der Waals surface area contributed by atoms with E-state index in [9.17, 15) is 0 Å². The van der Waals surface area contributed by atoms with Crippen molar-refractivity contribution in [1.29, 1.82) is 0 Å². The molecule has 1 atom stereocenters. The molecule has 0 aliphatic carbocycles. The SMILES string of the molecule is COc1cc(OC)cc(N(CC2COCO2)c2ccc3ncc(-c4cnn(C)c4)nc3c2)c1. The van der Waals surface area contributed by atoms with Crippen molar-refractivity contribution in [1.82, 2.24) is 19.7 Å². The van der Waals surface area contributed by atoms with Crippen molar-refractivity contribution < 1.29 is 18.9 Å². The highest BCUT2D eigenvalue weighted by Crippen LogP contribution is 2.34. The number of rotatable bonds is 7. The summed E-state index contributed by atoms with van der Waals surface area (Å²) in [4.78, 5) is 11.6. The molecular weight excluding hydrogens is 422 g/mol. The van der Waals surface area contributed by atoms with Crippen LogP contribution in [0.1, 0.15) is 0 Å². The maximum atomic E-state index is 5.74. The first-order valence-corrected chi connectivity index (χ1v) is 10.6. The van der Waals surface area contributed by atoms with Crippen LogP contribution < -0.4 is 14.4 Å². The normalized spacial score (nSPS) is 15.7. The average molecular weight is 447 g/mol. The molecule has 0 spiro atoms. The molecule has 0 amide bonds. The minimum Gasteiger partial charge on any atom is -0.497 e. The van der Waals surface area contributed by atoms with Gasteiger partial charge in [-0.25, -0.2) is 4.98 Å². The monoisotopic (exact) mass is 447 g/mol. The van der Waals surface area contributed by atoms with Gasteiger partial charge >= 0.3 is 0 Å². The lowest BCUT2D eigenvalue weighted by Crippen LogP contribution is -2.30. The summed E-state index contributed by atoms with van der Waals surface area (Å²) in [6.07, 6.45) is 5.41. The van der Waals surface area contributed by atoms with Gasteiger partial charge in [0, 0.05) is 48.4 Å². The molecule has 1 saturated heterocycles. The predicted octanol–water partition coefficient (Wildman–Crippen LogP) is 3.56. The molecule has 1 aliphatic heterocycles. The molecule has 1 aliphatic rings. The van der Waals surface area contributed by atoms with Crippen molar-refractivity contribution in [3.8, 4) is 22.8 Å². The fourth-order valence-corrected chi connectivity index (χ4v) is 3.85. The molecular formula is C24H25N5O4. The van der Waals surface area contributed by atoms with E-state index in [-0.39, 0.29) is 6.10 Å². The number of anilines is 2. The highest BCUT2D eigenvalue weighted by molar-refractivity contribution is 5.82. The van der Waals surface area contributed by atoms with Gasteiger partial charge in [-0.05, 0) is 18.2 Å². The Morgan fingerprint density at radius 1 is 1.03 bits per heavy atom. The molecule has 1 fully saturated rings. The first kappa shape index (κ1) is 21.2. The number of fused-ring (bicyclic) bond motifs is 1. The van der Waals surface area contributed by atoms with Gasteiger partial charge in [0.25, 0.3) is 0 Å². The van der Waals surface area contributed by atoms with Crippen molar-refractivity contribution in [2.24, 2.45) is 7.05 Å². The van der Waals surface area contributed by atoms with E-state index in [1.165, 1.54) is 0 Å². The molecule has 9 nitrogen and oxygen atoms in total. The second kappa shape index (κ2) is 9.05. The quantitative estimate of drug-likeness (QED) is 0.425. The summed E-state index contributed by atoms with van der Waals surface area (Å²) in [5, 5.41) is 4.24. The number of aryl methyl sites for hydroxylation is 1. The van der Waals surface area contributed by atoms with Crippen LogP contribution in [0.15, 0.2) is 55.0 Å². The highest BCUT2D eigenvalue weighted by Gasteiger charge is 2.23. The number of nitrogens with zero attached hydrogens (tertiary/aromatic N) is 5. The van der Waals surface area contributed by atoms with Crippen LogP contribution in [0.2, 0.25) is 0 Å². The Kier molecular flexibility index (Phi) is 5.80. The summed E-state index contributed by atoms with van der Waals surface area (Å²) < 4.78 is 23.9. The van der Waals surface area contributed by atoms with Gasteiger partial charge in [0.2, 0.25) is 0 Å². The molecule has 5 rings (SSSR count). The summed E-state index contributed by atoms with van der Waals surface area (Å²) >= 11 is 0. The van der Waals surface area contributed by atoms with E-state index >= 15 is 0 Å². The standard InChI is InChI=1S/C24H25N5O4/c1-28-12-16(10-26-28)24-11-25-22-5-4-17(8-23(22)27-24)29(13-21-14-32-15-33-21)18-6-19(30-2)9-20(7-18)31-3/h4-12,21H,13-15H2,1-3H3. The third kappa shape index (κ3) is 4.46. The van der Waals surface area contributed by atoms with Gasteiger partial charge in [-0.15, -0.1) is 0 Å². The number of ether oxygens (including phenoxy) is 4. The summed E-state index contributed by atoms with van der Waals surface area (Å²) in [5.41, 5.74) is 5.16. The van der Waals surface area contributed by atoms with E-state index in [4.69, 9.17) is 23.9 Å². The number of methoxy groups -OCH3 is 2. The Labute approximate surface area is 191 Å². The van der Waals surface area contributed by atoms with Gasteiger partial charge in [-0.2, -0.15) is 5.10 Å². The molecule has 4 aromatic rings. The van der Waals surface area contributed by atoms with E-state index in [0.29, 0.717) is 31.4 Å². The van der Waals surface area contributed by atoms with Gasteiger partial charge in [-0.1, -0.05) is 0 Å². The van der Waals surface area contributed by atoms with Crippen molar-refractivity contribution in [3.05, 3.63) is 55.0 Å². The molecule has 1 unspecified atom stereocenters. The molecule has 3 heterocycles. The first-order chi connectivity index (χ1) is 16.1. The minimum atomic E-state index is -0.0642. The van der Waals surface area contributed by atoms with E-state index in [1.54, 1.807) is 31.3 Å². The molecule has 33 heavy (non-hydrogen) atoms. The molecule has 2 aromatic carbocycles. The van der Waals surface area contributed by atoms with Gasteiger partial charge in [-0.3, -0.25) is 9.67 Å². The van der Waals surface area contributed by atoms with E-state index in [1.807, 2.05) is 49.6 Å². The van der Waals surface area contributed by atoms with Crippen LogP contribution in [-0.2, 0) is 16.5 Å². The predicted molar refractivity (Wildman–Crippen MR) is 124 cm³/mol. The van der Waals surface area contributed by atoms with Crippen LogP contribution in [0.4, 0.5) is 11.4 Å². The third-order valence-corrected chi connectivity index (χ3v) is 5.56. The second-order valence-electron chi connectivity index (χ2n) is 7.79. The van der Waals surface area contributed by atoms with Gasteiger partial charge in [0.1, 0.15) is 24.4 Å². The average Bonchev–Trinajstić information content (AvgIpc) is 3.53. The Hall–Kier alpha value is -3.69. The van der Waals surface area contributed by atoms with Crippen molar-refractivity contribution in [3.63, 3.8) is 0 Å². The van der Waals surface area contributed by atoms with Crippen LogP contribution in [0, 0.1) is 0 Å². The third-order valence-electron chi connectivity index (χ3n) is 5.56. The molecule has 0 bridgehead atoms. The number of benzene rings is 2. The summed E-state index contributed by atoms with van der Waals surface area (Å²) in [7, 11) is 5.16. The highest BCUT2D eigenvalue weighted by atomic mass is 16.7. The Morgan fingerprint density at radius 2 is 1.85 bits per heavy atom. The molecule has 9 heteroatoms. The van der Waals surface area contributed by atoms with E-state index in [2.05, 4.69) is 15.0 Å². The molecule has 170 valence electrons. The van der Waals surface area contributed by atoms with Gasteiger partial charge < -0.3 is 23.8 Å². The maximum absolute atomic E-state index is 5.74. The molecule has 0 radical (unpaired) electrons. The largest absolute Gasteiger partial charge is 0.497 e. The van der Waals surface area contributed by atoms with E-state index < -0.39 is 0 Å². The fraction of sp³-hybridized carbons (Fsp3) is 0.292. The summed E-state index contributed by atoms with van der Waals surface area (Å²) in [5.74, 6) is 1.41. The Balaban J connectivity index is 1.58. The maximum Gasteiger partial charge on any atom is 0.147 e. The zero-order valence-electron chi connectivity index (χ0n) is 18.8. The van der Waals surface area contributed by atoms with Crippen LogP contribution in [0.5, 0.6) is 11.5 Å². The van der Waals surface area contributed by atoms with Crippen LogP contribution in [0.3, 0.4) is 0 Å². The fourth-order valence-electron chi connectivity index (χ4n) is 3.85. The minimum absolute atomic E-state index is 0.0642. The molecule has 0 N–H and O–H groups in total. The first-order valence-electron chi connectivity index (χ1n) is 10.6. The van der Waals surface area contributed by atoms with Crippen molar-refractivity contribution in [2.45, 2.75) is 6.10 Å². The summed E-state index contributed by atoms with van der Waals surface area (Å²) in [6, 6.07) is 11.8. The molecule has 2 aromatic heterocycles. The number of aromatic nitrogens is 4. The Bertz CT molecular complexity index is 1250. The van der Waals surface area contributed by atoms with Gasteiger partial charge in [0.15, 0.2) is 0 Å². The summed E-state index contributed by atoms with van der Waals surface area (Å²) in [6.45, 7) is 1.44. The lowest BCUT2D eigenvalue weighted by molar-refractivity contribution is 0.0491. The lowest BCUT2D eigenvalue weighted by atomic mass is 10.1. The molecule has 0 saturated carbocycles.